The van der Waals surface area contributed by atoms with Crippen molar-refractivity contribution in [3.63, 3.8) is 0 Å². The number of benzene rings is 3. The molecule has 1 amide bonds. The molecule has 3 aromatic rings. The van der Waals surface area contributed by atoms with Crippen LogP contribution in [0.4, 0.5) is 0 Å². The van der Waals surface area contributed by atoms with E-state index in [2.05, 4.69) is 5.32 Å². The molecule has 0 saturated carbocycles. The second-order valence-corrected chi connectivity index (χ2v) is 11.6. The highest BCUT2D eigenvalue weighted by Gasteiger charge is 2.28. The van der Waals surface area contributed by atoms with E-state index < -0.39 is 22.5 Å². The summed E-state index contributed by atoms with van der Waals surface area (Å²) in [4.78, 5) is 14.1. The molecule has 0 bridgehead atoms. The van der Waals surface area contributed by atoms with Gasteiger partial charge in [0.05, 0.1) is 17.5 Å². The van der Waals surface area contributed by atoms with Gasteiger partial charge < -0.3 is 5.32 Å². The molecule has 0 spiro atoms. The molecule has 0 aliphatic heterocycles. The Bertz CT molecular complexity index is 1250. The minimum atomic E-state index is -4.03. The average molecular weight is 558 g/mol. The number of hydrogen-bond donors (Lipinski definition) is 1. The van der Waals surface area contributed by atoms with Gasteiger partial charge >= 0.3 is 0 Å². The fourth-order valence-corrected chi connectivity index (χ4v) is 5.62. The number of amides is 1. The fraction of sp³-hybridized carbons (Fsp3) is 0.208. The van der Waals surface area contributed by atoms with E-state index in [0.717, 1.165) is 14.8 Å². The maximum Gasteiger partial charge on any atom is 0.243 e. The third-order valence-corrected chi connectivity index (χ3v) is 8.51. The summed E-state index contributed by atoms with van der Waals surface area (Å²) in [6, 6.07) is 18.1. The minimum Gasteiger partial charge on any atom is -0.348 e. The standard InChI is InChI=1S/C24H23Cl3N2O3S2/c1-16(17-4-9-21(33-2)10-5-17)28-24(30)15-29(14-18-3-6-20(26)13-23(18)27)34(31,32)22-11-7-19(25)8-12-22/h3-13,16H,14-15H2,1-2H3,(H,28,30)/t16-/m1/s1. The number of nitrogens with one attached hydrogen (secondary N) is 1. The molecule has 0 aliphatic rings. The number of thioether (sulfide) groups is 1. The Balaban J connectivity index is 1.84. The fourth-order valence-electron chi connectivity index (χ4n) is 3.24. The van der Waals surface area contributed by atoms with Gasteiger partial charge in [0.1, 0.15) is 0 Å². The molecule has 0 aliphatic carbocycles. The Morgan fingerprint density at radius 2 is 1.59 bits per heavy atom. The number of rotatable bonds is 9. The highest BCUT2D eigenvalue weighted by molar-refractivity contribution is 7.98. The molecule has 0 aromatic heterocycles. The van der Waals surface area contributed by atoms with Crippen LogP contribution in [0.1, 0.15) is 24.1 Å². The first-order chi connectivity index (χ1) is 16.1. The van der Waals surface area contributed by atoms with Gasteiger partial charge in [-0.2, -0.15) is 4.31 Å². The van der Waals surface area contributed by atoms with E-state index in [1.807, 2.05) is 37.4 Å². The van der Waals surface area contributed by atoms with Crippen molar-refractivity contribution in [2.75, 3.05) is 12.8 Å². The molecule has 34 heavy (non-hydrogen) atoms. The van der Waals surface area contributed by atoms with E-state index in [1.165, 1.54) is 30.3 Å². The van der Waals surface area contributed by atoms with E-state index in [1.54, 1.807) is 23.9 Å². The predicted octanol–water partition coefficient (Wildman–Crippen LogP) is 6.44. The lowest BCUT2D eigenvalue weighted by molar-refractivity contribution is -0.122. The van der Waals surface area contributed by atoms with Gasteiger partial charge in [0, 0.05) is 26.5 Å². The van der Waals surface area contributed by atoms with Crippen molar-refractivity contribution >= 4 is 62.5 Å². The van der Waals surface area contributed by atoms with Crippen LogP contribution in [0.2, 0.25) is 15.1 Å². The molecule has 0 radical (unpaired) electrons. The Morgan fingerprint density at radius 3 is 2.18 bits per heavy atom. The number of halogens is 3. The van der Waals surface area contributed by atoms with Crippen LogP contribution in [0.15, 0.2) is 76.5 Å². The predicted molar refractivity (Wildman–Crippen MR) is 140 cm³/mol. The zero-order chi connectivity index (χ0) is 24.9. The molecule has 0 heterocycles. The van der Waals surface area contributed by atoms with Crippen LogP contribution < -0.4 is 5.32 Å². The maximum atomic E-state index is 13.4. The van der Waals surface area contributed by atoms with Gasteiger partial charge in [-0.25, -0.2) is 8.42 Å². The Labute approximate surface area is 219 Å². The molecule has 1 N–H and O–H groups in total. The first-order valence-corrected chi connectivity index (χ1v) is 14.0. The molecule has 0 unspecified atom stereocenters. The lowest BCUT2D eigenvalue weighted by Gasteiger charge is -2.24. The van der Waals surface area contributed by atoms with Crippen molar-refractivity contribution in [2.24, 2.45) is 0 Å². The molecule has 5 nitrogen and oxygen atoms in total. The normalized spacial score (nSPS) is 12.5. The second kappa shape index (κ2) is 11.8. The monoisotopic (exact) mass is 556 g/mol. The van der Waals surface area contributed by atoms with Gasteiger partial charge in [0.2, 0.25) is 15.9 Å². The average Bonchev–Trinajstić information content (AvgIpc) is 2.80. The summed E-state index contributed by atoms with van der Waals surface area (Å²) in [5.74, 6) is -0.441. The summed E-state index contributed by atoms with van der Waals surface area (Å²) in [7, 11) is -4.03. The number of hydrogen-bond acceptors (Lipinski definition) is 4. The third-order valence-electron chi connectivity index (χ3n) is 5.13. The lowest BCUT2D eigenvalue weighted by atomic mass is 10.1. The van der Waals surface area contributed by atoms with Crippen molar-refractivity contribution in [1.29, 1.82) is 0 Å². The largest absolute Gasteiger partial charge is 0.348 e. The first-order valence-electron chi connectivity index (χ1n) is 10.2. The Morgan fingerprint density at radius 1 is 0.971 bits per heavy atom. The quantitative estimate of drug-likeness (QED) is 0.308. The molecular formula is C24H23Cl3N2O3S2. The molecule has 180 valence electrons. The van der Waals surface area contributed by atoms with Crippen molar-refractivity contribution in [2.45, 2.75) is 29.3 Å². The summed E-state index contributed by atoms with van der Waals surface area (Å²) in [6.45, 7) is 1.35. The van der Waals surface area contributed by atoms with Gasteiger partial charge in [0.15, 0.2) is 0 Å². The van der Waals surface area contributed by atoms with E-state index in [9.17, 15) is 13.2 Å². The van der Waals surface area contributed by atoms with E-state index in [4.69, 9.17) is 34.8 Å². The lowest BCUT2D eigenvalue weighted by Crippen LogP contribution is -2.41. The van der Waals surface area contributed by atoms with E-state index >= 15 is 0 Å². The third kappa shape index (κ3) is 6.90. The van der Waals surface area contributed by atoms with Crippen LogP contribution in [0.25, 0.3) is 0 Å². The summed E-state index contributed by atoms with van der Waals surface area (Å²) < 4.78 is 27.9. The Kier molecular flexibility index (Phi) is 9.32. The van der Waals surface area contributed by atoms with Crippen molar-refractivity contribution in [3.05, 3.63) is 92.9 Å². The maximum absolute atomic E-state index is 13.4. The van der Waals surface area contributed by atoms with Gasteiger partial charge in [-0.05, 0) is 72.8 Å². The smallest absolute Gasteiger partial charge is 0.243 e. The SMILES string of the molecule is CSc1ccc([C@@H](C)NC(=O)CN(Cc2ccc(Cl)cc2Cl)S(=O)(=O)c2ccc(Cl)cc2)cc1. The second-order valence-electron chi connectivity index (χ2n) is 7.53. The van der Waals surface area contributed by atoms with Gasteiger partial charge in [-0.15, -0.1) is 11.8 Å². The Hall–Kier alpha value is -1.74. The topological polar surface area (TPSA) is 66.5 Å². The molecular weight excluding hydrogens is 535 g/mol. The van der Waals surface area contributed by atoms with Crippen LogP contribution in [-0.4, -0.2) is 31.4 Å². The molecule has 1 atom stereocenters. The summed E-state index contributed by atoms with van der Waals surface area (Å²) in [6.07, 6.45) is 1.99. The molecule has 10 heteroatoms. The van der Waals surface area contributed by atoms with Gasteiger partial charge in [-0.1, -0.05) is 53.0 Å². The van der Waals surface area contributed by atoms with Gasteiger partial charge in [-0.3, -0.25) is 4.79 Å². The zero-order valence-corrected chi connectivity index (χ0v) is 22.4. The number of nitrogens with zero attached hydrogens (tertiary/aromatic N) is 1. The summed E-state index contributed by atoms with van der Waals surface area (Å²) in [5.41, 5.74) is 1.44. The molecule has 0 fully saturated rings. The number of sulfonamides is 1. The summed E-state index contributed by atoms with van der Waals surface area (Å²) >= 11 is 19.8. The van der Waals surface area contributed by atoms with Gasteiger partial charge in [0.25, 0.3) is 0 Å². The number of carbonyl (C=O) groups is 1. The highest BCUT2D eigenvalue weighted by atomic mass is 35.5. The first kappa shape index (κ1) is 26.9. The molecule has 3 rings (SSSR count). The van der Waals surface area contributed by atoms with Crippen molar-refractivity contribution in [1.82, 2.24) is 9.62 Å². The molecule has 3 aromatic carbocycles. The van der Waals surface area contributed by atoms with Crippen molar-refractivity contribution in [3.8, 4) is 0 Å². The van der Waals surface area contributed by atoms with Crippen LogP contribution in [0, 0.1) is 0 Å². The van der Waals surface area contributed by atoms with Crippen LogP contribution >= 0.6 is 46.6 Å². The van der Waals surface area contributed by atoms with Crippen LogP contribution in [0.3, 0.4) is 0 Å². The molecule has 0 saturated heterocycles. The highest BCUT2D eigenvalue weighted by Crippen LogP contribution is 2.26. The van der Waals surface area contributed by atoms with Crippen LogP contribution in [-0.2, 0) is 21.4 Å². The van der Waals surface area contributed by atoms with Crippen molar-refractivity contribution < 1.29 is 13.2 Å². The van der Waals surface area contributed by atoms with E-state index in [0.29, 0.717) is 20.6 Å². The van der Waals surface area contributed by atoms with Crippen LogP contribution in [0.5, 0.6) is 0 Å². The number of carbonyl (C=O) groups excluding carboxylic acids is 1. The minimum absolute atomic E-state index is 0.0236. The van der Waals surface area contributed by atoms with E-state index in [-0.39, 0.29) is 17.5 Å². The summed E-state index contributed by atoms with van der Waals surface area (Å²) in [5, 5.41) is 4.03. The zero-order valence-electron chi connectivity index (χ0n) is 18.5.